The predicted molar refractivity (Wildman–Crippen MR) is 92.0 cm³/mol. The molecule has 3 rings (SSSR count). The Morgan fingerprint density at radius 2 is 2.04 bits per heavy atom. The van der Waals surface area contributed by atoms with Crippen molar-refractivity contribution in [3.8, 4) is 5.75 Å². The maximum absolute atomic E-state index is 12.6. The Hall–Kier alpha value is -1.75. The summed E-state index contributed by atoms with van der Waals surface area (Å²) < 4.78 is 5.73. The summed E-state index contributed by atoms with van der Waals surface area (Å²) in [6.45, 7) is 7.91. The van der Waals surface area contributed by atoms with Gasteiger partial charge in [0.15, 0.2) is 0 Å². The second-order valence-electron chi connectivity index (χ2n) is 6.26. The van der Waals surface area contributed by atoms with Crippen LogP contribution in [0.2, 0.25) is 0 Å². The van der Waals surface area contributed by atoms with Crippen molar-refractivity contribution in [2.45, 2.75) is 19.8 Å². The van der Waals surface area contributed by atoms with Crippen molar-refractivity contribution in [3.05, 3.63) is 24.3 Å². The van der Waals surface area contributed by atoms with Crippen LogP contribution in [0, 0.1) is 5.92 Å². The summed E-state index contributed by atoms with van der Waals surface area (Å²) in [4.78, 5) is 17.0. The molecule has 0 bridgehead atoms. The Labute approximate surface area is 138 Å². The average molecular weight is 317 g/mol. The molecule has 23 heavy (non-hydrogen) atoms. The number of piperazine rings is 1. The number of nitrogens with one attached hydrogen (secondary N) is 1. The van der Waals surface area contributed by atoms with E-state index in [4.69, 9.17) is 4.74 Å². The summed E-state index contributed by atoms with van der Waals surface area (Å²) in [5.74, 6) is 1.44. The van der Waals surface area contributed by atoms with Gasteiger partial charge in [-0.3, -0.25) is 4.79 Å². The zero-order valence-electron chi connectivity index (χ0n) is 14.0. The van der Waals surface area contributed by atoms with Gasteiger partial charge in [0.25, 0.3) is 0 Å². The molecule has 5 heteroatoms. The van der Waals surface area contributed by atoms with Gasteiger partial charge in [0.1, 0.15) is 5.75 Å². The molecule has 5 nitrogen and oxygen atoms in total. The van der Waals surface area contributed by atoms with Crippen LogP contribution >= 0.6 is 0 Å². The molecule has 2 saturated heterocycles. The Morgan fingerprint density at radius 1 is 1.26 bits per heavy atom. The molecule has 0 spiro atoms. The fourth-order valence-electron chi connectivity index (χ4n) is 3.48. The topological polar surface area (TPSA) is 44.8 Å². The van der Waals surface area contributed by atoms with Crippen LogP contribution < -0.4 is 15.0 Å². The van der Waals surface area contributed by atoms with E-state index >= 15 is 0 Å². The van der Waals surface area contributed by atoms with E-state index in [0.717, 1.165) is 63.5 Å². The van der Waals surface area contributed by atoms with Gasteiger partial charge >= 0.3 is 0 Å². The van der Waals surface area contributed by atoms with Gasteiger partial charge in [-0.1, -0.05) is 12.1 Å². The summed E-state index contributed by atoms with van der Waals surface area (Å²) in [5.41, 5.74) is 1.14. The third-order valence-corrected chi connectivity index (χ3v) is 4.74. The lowest BCUT2D eigenvalue weighted by atomic mass is 9.98. The Kier molecular flexibility index (Phi) is 5.39. The molecule has 2 fully saturated rings. The SMILES string of the molecule is CCOc1ccccc1N1CCN(C(=O)[C@@H]2CCCNC2)CC1. The van der Waals surface area contributed by atoms with Crippen molar-refractivity contribution >= 4 is 11.6 Å². The van der Waals surface area contributed by atoms with E-state index in [9.17, 15) is 4.79 Å². The molecule has 0 unspecified atom stereocenters. The molecular formula is C18H27N3O2. The number of carbonyl (C=O) groups is 1. The van der Waals surface area contributed by atoms with Crippen LogP contribution in [0.1, 0.15) is 19.8 Å². The van der Waals surface area contributed by atoms with Gasteiger partial charge in [-0.15, -0.1) is 0 Å². The Balaban J connectivity index is 1.59. The lowest BCUT2D eigenvalue weighted by Crippen LogP contribution is -2.52. The molecule has 1 atom stereocenters. The summed E-state index contributed by atoms with van der Waals surface area (Å²) in [7, 11) is 0. The van der Waals surface area contributed by atoms with Gasteiger partial charge in [-0.25, -0.2) is 0 Å². The lowest BCUT2D eigenvalue weighted by molar-refractivity contribution is -0.136. The van der Waals surface area contributed by atoms with Gasteiger partial charge in [-0.05, 0) is 38.4 Å². The first-order chi connectivity index (χ1) is 11.3. The molecule has 0 aromatic heterocycles. The predicted octanol–water partition coefficient (Wildman–Crippen LogP) is 1.73. The number of hydrogen-bond acceptors (Lipinski definition) is 4. The molecule has 1 aromatic rings. The number of benzene rings is 1. The van der Waals surface area contributed by atoms with Crippen LogP contribution in [-0.2, 0) is 4.79 Å². The molecule has 2 aliphatic heterocycles. The van der Waals surface area contributed by atoms with Crippen LogP contribution in [0.3, 0.4) is 0 Å². The average Bonchev–Trinajstić information content (AvgIpc) is 2.63. The van der Waals surface area contributed by atoms with Crippen LogP contribution in [0.15, 0.2) is 24.3 Å². The molecule has 2 aliphatic rings. The van der Waals surface area contributed by atoms with Crippen molar-refractivity contribution in [1.82, 2.24) is 10.2 Å². The maximum atomic E-state index is 12.6. The number of rotatable bonds is 4. The largest absolute Gasteiger partial charge is 0.492 e. The molecule has 0 aliphatic carbocycles. The first-order valence-electron chi connectivity index (χ1n) is 8.76. The van der Waals surface area contributed by atoms with E-state index in [-0.39, 0.29) is 5.92 Å². The third-order valence-electron chi connectivity index (χ3n) is 4.74. The minimum Gasteiger partial charge on any atom is -0.492 e. The lowest BCUT2D eigenvalue weighted by Gasteiger charge is -2.38. The number of para-hydroxylation sites is 2. The standard InChI is InChI=1S/C18H27N3O2/c1-2-23-17-8-4-3-7-16(17)20-10-12-21(13-11-20)18(22)15-6-5-9-19-14-15/h3-4,7-8,15,19H,2,5-6,9-14H2,1H3/t15-/m1/s1. The van der Waals surface area contributed by atoms with Crippen molar-refractivity contribution < 1.29 is 9.53 Å². The molecule has 1 aromatic carbocycles. The first kappa shape index (κ1) is 16.1. The summed E-state index contributed by atoms with van der Waals surface area (Å²) in [6.07, 6.45) is 2.14. The number of nitrogens with zero attached hydrogens (tertiary/aromatic N) is 2. The number of anilines is 1. The van der Waals surface area contributed by atoms with E-state index in [1.165, 1.54) is 0 Å². The maximum Gasteiger partial charge on any atom is 0.227 e. The molecule has 0 radical (unpaired) electrons. The first-order valence-corrected chi connectivity index (χ1v) is 8.76. The molecule has 126 valence electrons. The Bertz CT molecular complexity index is 521. The van der Waals surface area contributed by atoms with E-state index in [0.29, 0.717) is 12.5 Å². The third kappa shape index (κ3) is 3.78. The molecule has 1 amide bonds. The highest BCUT2D eigenvalue weighted by Crippen LogP contribution is 2.29. The van der Waals surface area contributed by atoms with Gasteiger partial charge in [0.2, 0.25) is 5.91 Å². The zero-order valence-corrected chi connectivity index (χ0v) is 14.0. The molecular weight excluding hydrogens is 290 g/mol. The van der Waals surface area contributed by atoms with Crippen LogP contribution in [-0.4, -0.2) is 56.7 Å². The highest BCUT2D eigenvalue weighted by Gasteiger charge is 2.28. The molecule has 2 heterocycles. The quantitative estimate of drug-likeness (QED) is 0.919. The highest BCUT2D eigenvalue weighted by atomic mass is 16.5. The van der Waals surface area contributed by atoms with Crippen molar-refractivity contribution in [3.63, 3.8) is 0 Å². The van der Waals surface area contributed by atoms with Gasteiger partial charge in [-0.2, -0.15) is 0 Å². The fraction of sp³-hybridized carbons (Fsp3) is 0.611. The highest BCUT2D eigenvalue weighted by molar-refractivity contribution is 5.79. The number of ether oxygens (including phenoxy) is 1. The minimum atomic E-state index is 0.172. The second kappa shape index (κ2) is 7.68. The van der Waals surface area contributed by atoms with E-state index < -0.39 is 0 Å². The zero-order chi connectivity index (χ0) is 16.1. The Morgan fingerprint density at radius 3 is 2.74 bits per heavy atom. The smallest absolute Gasteiger partial charge is 0.227 e. The van der Waals surface area contributed by atoms with Crippen LogP contribution in [0.25, 0.3) is 0 Å². The van der Waals surface area contributed by atoms with E-state index in [1.807, 2.05) is 30.0 Å². The number of amides is 1. The van der Waals surface area contributed by atoms with Gasteiger partial charge in [0, 0.05) is 32.7 Å². The summed E-state index contributed by atoms with van der Waals surface area (Å²) in [5, 5.41) is 3.34. The molecule has 0 saturated carbocycles. The number of piperidine rings is 1. The molecule has 1 N–H and O–H groups in total. The normalized spacial score (nSPS) is 22.0. The fourth-order valence-corrected chi connectivity index (χ4v) is 3.48. The monoisotopic (exact) mass is 317 g/mol. The van der Waals surface area contributed by atoms with Crippen molar-refractivity contribution in [2.75, 3.05) is 50.8 Å². The van der Waals surface area contributed by atoms with Crippen LogP contribution in [0.5, 0.6) is 5.75 Å². The van der Waals surface area contributed by atoms with E-state index in [1.54, 1.807) is 0 Å². The van der Waals surface area contributed by atoms with Gasteiger partial charge < -0.3 is 19.9 Å². The van der Waals surface area contributed by atoms with E-state index in [2.05, 4.69) is 16.3 Å². The van der Waals surface area contributed by atoms with Gasteiger partial charge in [0.05, 0.1) is 18.2 Å². The minimum absolute atomic E-state index is 0.172. The summed E-state index contributed by atoms with van der Waals surface area (Å²) in [6, 6.07) is 8.17. The summed E-state index contributed by atoms with van der Waals surface area (Å²) >= 11 is 0. The number of carbonyl (C=O) groups excluding carboxylic acids is 1. The number of hydrogen-bond donors (Lipinski definition) is 1. The second-order valence-corrected chi connectivity index (χ2v) is 6.26. The van der Waals surface area contributed by atoms with Crippen molar-refractivity contribution in [1.29, 1.82) is 0 Å². The van der Waals surface area contributed by atoms with Crippen LogP contribution in [0.4, 0.5) is 5.69 Å². The van der Waals surface area contributed by atoms with Crippen molar-refractivity contribution in [2.24, 2.45) is 5.92 Å².